The molecule has 0 fully saturated rings. The van der Waals surface area contributed by atoms with Crippen LogP contribution < -0.4 is 10.0 Å². The van der Waals surface area contributed by atoms with Crippen molar-refractivity contribution in [2.45, 2.75) is 25.3 Å². The molecule has 0 spiro atoms. The van der Waals surface area contributed by atoms with Crippen LogP contribution in [0.15, 0.2) is 35.4 Å². The first-order valence-corrected chi connectivity index (χ1v) is 8.22. The van der Waals surface area contributed by atoms with Crippen molar-refractivity contribution in [3.05, 3.63) is 47.3 Å². The number of aryl methyl sites for hydroxylation is 2. The van der Waals surface area contributed by atoms with Crippen molar-refractivity contribution in [2.24, 2.45) is 7.05 Å². The molecule has 2 rings (SSSR count). The van der Waals surface area contributed by atoms with Crippen LogP contribution >= 0.6 is 0 Å². The standard InChI is InChI=1S/C15H21N3O2S/c1-11-6-5-7-15(12(11)2)17-21(19,20)14-8-13(9-16-3)18(4)10-14/h5-8,10,16-17H,9H2,1-4H3. The fraction of sp³-hybridized carbons (Fsp3) is 0.333. The van der Waals surface area contributed by atoms with Crippen molar-refractivity contribution >= 4 is 15.7 Å². The van der Waals surface area contributed by atoms with Gasteiger partial charge in [0.15, 0.2) is 0 Å². The van der Waals surface area contributed by atoms with E-state index in [9.17, 15) is 8.42 Å². The second-order valence-electron chi connectivity index (χ2n) is 5.16. The van der Waals surface area contributed by atoms with E-state index in [1.54, 1.807) is 18.3 Å². The molecule has 1 aromatic heterocycles. The second-order valence-corrected chi connectivity index (χ2v) is 6.84. The average molecular weight is 307 g/mol. The van der Waals surface area contributed by atoms with Crippen molar-refractivity contribution in [2.75, 3.05) is 11.8 Å². The predicted octanol–water partition coefficient (Wildman–Crippen LogP) is 2.16. The maximum Gasteiger partial charge on any atom is 0.263 e. The van der Waals surface area contributed by atoms with Crippen LogP contribution in [0.5, 0.6) is 0 Å². The van der Waals surface area contributed by atoms with Crippen LogP contribution in [0.4, 0.5) is 5.69 Å². The summed E-state index contributed by atoms with van der Waals surface area (Å²) in [5.41, 5.74) is 3.53. The molecule has 0 saturated carbocycles. The van der Waals surface area contributed by atoms with Crippen LogP contribution in [0.25, 0.3) is 0 Å². The average Bonchev–Trinajstić information content (AvgIpc) is 2.78. The van der Waals surface area contributed by atoms with Crippen LogP contribution in [0, 0.1) is 13.8 Å². The summed E-state index contributed by atoms with van der Waals surface area (Å²) >= 11 is 0. The zero-order chi connectivity index (χ0) is 15.6. The normalized spacial score (nSPS) is 11.6. The molecule has 1 heterocycles. The number of sulfonamides is 1. The van der Waals surface area contributed by atoms with Crippen molar-refractivity contribution in [1.29, 1.82) is 0 Å². The largest absolute Gasteiger partial charge is 0.352 e. The maximum absolute atomic E-state index is 12.5. The lowest BCUT2D eigenvalue weighted by molar-refractivity contribution is 0.601. The van der Waals surface area contributed by atoms with Crippen molar-refractivity contribution < 1.29 is 8.42 Å². The SMILES string of the molecule is CNCc1cc(S(=O)(=O)Nc2cccc(C)c2C)cn1C. The number of benzene rings is 1. The van der Waals surface area contributed by atoms with E-state index in [1.807, 2.05) is 44.6 Å². The molecule has 1 aromatic carbocycles. The molecule has 0 aliphatic rings. The summed E-state index contributed by atoms with van der Waals surface area (Å²) in [5, 5.41) is 3.02. The molecule has 0 saturated heterocycles. The topological polar surface area (TPSA) is 63.1 Å². The van der Waals surface area contributed by atoms with Crippen molar-refractivity contribution in [1.82, 2.24) is 9.88 Å². The van der Waals surface area contributed by atoms with Gasteiger partial charge in [-0.2, -0.15) is 0 Å². The zero-order valence-electron chi connectivity index (χ0n) is 12.8. The summed E-state index contributed by atoms with van der Waals surface area (Å²) < 4.78 is 29.5. The predicted molar refractivity (Wildman–Crippen MR) is 84.9 cm³/mol. The molecule has 114 valence electrons. The minimum atomic E-state index is -3.57. The Kier molecular flexibility index (Phi) is 4.39. The first-order valence-electron chi connectivity index (χ1n) is 6.74. The van der Waals surface area contributed by atoms with Crippen LogP contribution in [0.1, 0.15) is 16.8 Å². The molecule has 0 bridgehead atoms. The van der Waals surface area contributed by atoms with Gasteiger partial charge in [-0.3, -0.25) is 4.72 Å². The summed E-state index contributed by atoms with van der Waals surface area (Å²) in [6.45, 7) is 4.49. The Hall–Kier alpha value is -1.79. The van der Waals surface area contributed by atoms with Gasteiger partial charge in [0.1, 0.15) is 4.90 Å². The Balaban J connectivity index is 2.34. The van der Waals surface area contributed by atoms with Crippen molar-refractivity contribution in [3.63, 3.8) is 0 Å². The number of nitrogens with one attached hydrogen (secondary N) is 2. The van der Waals surface area contributed by atoms with Gasteiger partial charge in [-0.05, 0) is 44.2 Å². The highest BCUT2D eigenvalue weighted by molar-refractivity contribution is 7.92. The summed E-state index contributed by atoms with van der Waals surface area (Å²) in [6, 6.07) is 7.26. The third kappa shape index (κ3) is 3.28. The van der Waals surface area contributed by atoms with Crippen molar-refractivity contribution in [3.8, 4) is 0 Å². The van der Waals surface area contributed by atoms with Gasteiger partial charge in [0.2, 0.25) is 0 Å². The molecule has 0 amide bonds. The van der Waals surface area contributed by atoms with Gasteiger partial charge in [0, 0.05) is 25.5 Å². The molecule has 0 atom stereocenters. The van der Waals surface area contributed by atoms with E-state index in [-0.39, 0.29) is 4.90 Å². The van der Waals surface area contributed by atoms with Crippen LogP contribution in [0.3, 0.4) is 0 Å². The maximum atomic E-state index is 12.5. The molecule has 0 unspecified atom stereocenters. The van der Waals surface area contributed by atoms with Gasteiger partial charge in [-0.25, -0.2) is 8.42 Å². The summed E-state index contributed by atoms with van der Waals surface area (Å²) in [7, 11) is 0.0946. The lowest BCUT2D eigenvalue weighted by Crippen LogP contribution is -2.13. The monoisotopic (exact) mass is 307 g/mol. The smallest absolute Gasteiger partial charge is 0.263 e. The molecular formula is C15H21N3O2S. The minimum Gasteiger partial charge on any atom is -0.352 e. The fourth-order valence-corrected chi connectivity index (χ4v) is 3.36. The molecule has 0 radical (unpaired) electrons. The summed E-state index contributed by atoms with van der Waals surface area (Å²) in [5.74, 6) is 0. The quantitative estimate of drug-likeness (QED) is 0.890. The van der Waals surface area contributed by atoms with E-state index in [4.69, 9.17) is 0 Å². The number of anilines is 1. The first kappa shape index (κ1) is 15.6. The molecule has 6 heteroatoms. The highest BCUT2D eigenvalue weighted by atomic mass is 32.2. The van der Waals surface area contributed by atoms with Crippen LogP contribution in [-0.2, 0) is 23.6 Å². The highest BCUT2D eigenvalue weighted by Gasteiger charge is 2.18. The third-order valence-electron chi connectivity index (χ3n) is 3.60. The van der Waals surface area contributed by atoms with E-state index < -0.39 is 10.0 Å². The molecule has 5 nitrogen and oxygen atoms in total. The Bertz CT molecular complexity index is 748. The molecule has 2 aromatic rings. The van der Waals surface area contributed by atoms with Gasteiger partial charge in [-0.1, -0.05) is 12.1 Å². The van der Waals surface area contributed by atoms with Gasteiger partial charge in [-0.15, -0.1) is 0 Å². The Labute approximate surface area is 126 Å². The molecule has 21 heavy (non-hydrogen) atoms. The summed E-state index contributed by atoms with van der Waals surface area (Å²) in [4.78, 5) is 0.274. The number of rotatable bonds is 5. The number of aromatic nitrogens is 1. The lowest BCUT2D eigenvalue weighted by atomic mass is 10.1. The van der Waals surface area contributed by atoms with Crippen LogP contribution in [-0.4, -0.2) is 20.0 Å². The van der Waals surface area contributed by atoms with E-state index >= 15 is 0 Å². The van der Waals surface area contributed by atoms with Gasteiger partial charge in [0.25, 0.3) is 10.0 Å². The Morgan fingerprint density at radius 2 is 1.95 bits per heavy atom. The van der Waals surface area contributed by atoms with Gasteiger partial charge < -0.3 is 9.88 Å². The van der Waals surface area contributed by atoms with E-state index in [0.717, 1.165) is 16.8 Å². The summed E-state index contributed by atoms with van der Waals surface area (Å²) in [6.07, 6.45) is 1.63. The highest BCUT2D eigenvalue weighted by Crippen LogP contribution is 2.22. The number of hydrogen-bond acceptors (Lipinski definition) is 3. The number of hydrogen-bond donors (Lipinski definition) is 2. The van der Waals surface area contributed by atoms with Gasteiger partial charge in [0.05, 0.1) is 5.69 Å². The number of nitrogens with zero attached hydrogens (tertiary/aromatic N) is 1. The van der Waals surface area contributed by atoms with Gasteiger partial charge >= 0.3 is 0 Å². The van der Waals surface area contributed by atoms with E-state index in [2.05, 4.69) is 10.0 Å². The molecule has 2 N–H and O–H groups in total. The first-order chi connectivity index (χ1) is 9.85. The van der Waals surface area contributed by atoms with E-state index in [1.165, 1.54) is 0 Å². The lowest BCUT2D eigenvalue weighted by Gasteiger charge is -2.11. The Morgan fingerprint density at radius 1 is 1.24 bits per heavy atom. The minimum absolute atomic E-state index is 0.274. The zero-order valence-corrected chi connectivity index (χ0v) is 13.6. The Morgan fingerprint density at radius 3 is 2.62 bits per heavy atom. The molecule has 0 aliphatic carbocycles. The third-order valence-corrected chi connectivity index (χ3v) is 4.93. The molecular weight excluding hydrogens is 286 g/mol. The molecule has 0 aliphatic heterocycles. The fourth-order valence-electron chi connectivity index (χ4n) is 2.15. The second kappa shape index (κ2) is 5.91. The van der Waals surface area contributed by atoms with E-state index in [0.29, 0.717) is 12.2 Å². The van der Waals surface area contributed by atoms with Crippen LogP contribution in [0.2, 0.25) is 0 Å².